The highest BCUT2D eigenvalue weighted by Crippen LogP contribution is 2.07. The Morgan fingerprint density at radius 1 is 1.29 bits per heavy atom. The van der Waals surface area contributed by atoms with Gasteiger partial charge in [0.1, 0.15) is 11.1 Å². The normalized spacial score (nSPS) is 12.2. The molecule has 1 amide bonds. The summed E-state index contributed by atoms with van der Waals surface area (Å²) in [4.78, 5) is 35.3. The molecular formula is C14H20N2O5. The molecule has 0 aliphatic heterocycles. The molecule has 2 N–H and O–H groups in total. The molecule has 116 valence electrons. The fourth-order valence-corrected chi connectivity index (χ4v) is 1.80. The molecule has 21 heavy (non-hydrogen) atoms. The lowest BCUT2D eigenvalue weighted by Gasteiger charge is -2.16. The summed E-state index contributed by atoms with van der Waals surface area (Å²) in [7, 11) is 1.50. The summed E-state index contributed by atoms with van der Waals surface area (Å²) in [6, 6.07) is -0.366. The van der Waals surface area contributed by atoms with Gasteiger partial charge >= 0.3 is 5.97 Å². The molecule has 1 aromatic heterocycles. The molecule has 0 fully saturated rings. The summed E-state index contributed by atoms with van der Waals surface area (Å²) in [6.07, 6.45) is 2.61. The zero-order valence-electron chi connectivity index (χ0n) is 12.5. The Hall–Kier alpha value is -2.15. The lowest BCUT2D eigenvalue weighted by molar-refractivity contribution is 0.0694. The predicted octanol–water partition coefficient (Wildman–Crippen LogP) is 0.892. The van der Waals surface area contributed by atoms with E-state index in [0.29, 0.717) is 6.61 Å². The van der Waals surface area contributed by atoms with E-state index in [1.807, 2.05) is 13.8 Å². The fraction of sp³-hybridized carbons (Fsp3) is 0.500. The second-order valence-electron chi connectivity index (χ2n) is 5.09. The van der Waals surface area contributed by atoms with Crippen molar-refractivity contribution in [2.45, 2.75) is 32.9 Å². The zero-order chi connectivity index (χ0) is 16.2. The van der Waals surface area contributed by atoms with Gasteiger partial charge in [-0.3, -0.25) is 9.59 Å². The van der Waals surface area contributed by atoms with Gasteiger partial charge in [-0.2, -0.15) is 0 Å². The summed E-state index contributed by atoms with van der Waals surface area (Å²) in [5.74, 6) is -1.96. The van der Waals surface area contributed by atoms with Crippen molar-refractivity contribution in [2.24, 2.45) is 0 Å². The quantitative estimate of drug-likeness (QED) is 0.812. The van der Waals surface area contributed by atoms with Gasteiger partial charge < -0.3 is 19.7 Å². The number of pyridine rings is 1. The van der Waals surface area contributed by atoms with Crippen molar-refractivity contribution in [1.82, 2.24) is 9.88 Å². The Labute approximate surface area is 122 Å². The van der Waals surface area contributed by atoms with Crippen LogP contribution in [0.1, 0.15) is 47.5 Å². The van der Waals surface area contributed by atoms with Crippen LogP contribution in [0.25, 0.3) is 0 Å². The van der Waals surface area contributed by atoms with Crippen LogP contribution < -0.4 is 10.7 Å². The molecule has 0 aliphatic carbocycles. The number of nitrogens with one attached hydrogen (secondary N) is 1. The maximum absolute atomic E-state index is 12.1. The third-order valence-corrected chi connectivity index (χ3v) is 2.91. The molecule has 0 radical (unpaired) electrons. The molecule has 7 heteroatoms. The maximum Gasteiger partial charge on any atom is 0.341 e. The first kappa shape index (κ1) is 16.9. The topological polar surface area (TPSA) is 97.6 Å². The number of hydrogen-bond donors (Lipinski definition) is 2. The Bertz CT molecular complexity index is 592. The minimum atomic E-state index is -1.35. The van der Waals surface area contributed by atoms with Crippen molar-refractivity contribution >= 4 is 11.9 Å². The number of aromatic carboxylic acids is 1. The number of nitrogens with zero attached hydrogens (tertiary/aromatic N) is 1. The smallest absolute Gasteiger partial charge is 0.341 e. The molecule has 1 heterocycles. The molecule has 0 bridgehead atoms. The SMILES string of the molecule is COCC(C)NC(=O)c1cn(C(C)C)cc(C(=O)O)c1=O. The van der Waals surface area contributed by atoms with E-state index in [1.165, 1.54) is 24.1 Å². The van der Waals surface area contributed by atoms with Gasteiger partial charge in [0.2, 0.25) is 5.43 Å². The number of carboxylic acids is 1. The second kappa shape index (κ2) is 7.03. The molecule has 7 nitrogen and oxygen atoms in total. The number of methoxy groups -OCH3 is 1. The highest BCUT2D eigenvalue weighted by Gasteiger charge is 2.20. The minimum absolute atomic E-state index is 0.0772. The van der Waals surface area contributed by atoms with E-state index in [9.17, 15) is 14.4 Å². The molecule has 0 aromatic carbocycles. The van der Waals surface area contributed by atoms with E-state index in [4.69, 9.17) is 9.84 Å². The molecule has 1 rings (SSSR count). The molecule has 1 unspecified atom stereocenters. The standard InChI is InChI=1S/C14H20N2O5/c1-8(2)16-5-10(12(17)11(6-16)14(19)20)13(18)15-9(3)7-21-4/h5-6,8-9H,7H2,1-4H3,(H,15,18)(H,19,20). The van der Waals surface area contributed by atoms with Crippen LogP contribution >= 0.6 is 0 Å². The highest BCUT2D eigenvalue weighted by atomic mass is 16.5. The molecular weight excluding hydrogens is 276 g/mol. The summed E-state index contributed by atoms with van der Waals surface area (Å²) >= 11 is 0. The van der Waals surface area contributed by atoms with Gasteiger partial charge in [-0.15, -0.1) is 0 Å². The van der Waals surface area contributed by atoms with Crippen LogP contribution in [-0.2, 0) is 4.74 Å². The van der Waals surface area contributed by atoms with Gasteiger partial charge in [-0.05, 0) is 20.8 Å². The average Bonchev–Trinajstić information content (AvgIpc) is 2.38. The monoisotopic (exact) mass is 296 g/mol. The first-order valence-electron chi connectivity index (χ1n) is 6.56. The number of ether oxygens (including phenoxy) is 1. The van der Waals surface area contributed by atoms with Crippen LogP contribution in [0.2, 0.25) is 0 Å². The van der Waals surface area contributed by atoms with E-state index in [0.717, 1.165) is 0 Å². The Morgan fingerprint density at radius 2 is 1.86 bits per heavy atom. The second-order valence-corrected chi connectivity index (χ2v) is 5.09. The largest absolute Gasteiger partial charge is 0.477 e. The minimum Gasteiger partial charge on any atom is -0.477 e. The maximum atomic E-state index is 12.1. The van der Waals surface area contributed by atoms with Gasteiger partial charge in [0, 0.05) is 31.6 Å². The summed E-state index contributed by atoms with van der Waals surface area (Å²) < 4.78 is 6.43. The first-order valence-corrected chi connectivity index (χ1v) is 6.56. The number of aromatic nitrogens is 1. The van der Waals surface area contributed by atoms with Crippen LogP contribution in [0, 0.1) is 0 Å². The number of amides is 1. The van der Waals surface area contributed by atoms with Crippen molar-refractivity contribution in [2.75, 3.05) is 13.7 Å². The van der Waals surface area contributed by atoms with Crippen molar-refractivity contribution < 1.29 is 19.4 Å². The number of rotatable bonds is 6. The van der Waals surface area contributed by atoms with Crippen molar-refractivity contribution in [3.63, 3.8) is 0 Å². The van der Waals surface area contributed by atoms with Gasteiger partial charge in [0.25, 0.3) is 5.91 Å². The number of carbonyl (C=O) groups is 2. The lowest BCUT2D eigenvalue weighted by Crippen LogP contribution is -2.39. The van der Waals surface area contributed by atoms with Crippen molar-refractivity contribution in [1.29, 1.82) is 0 Å². The molecule has 0 saturated heterocycles. The summed E-state index contributed by atoms with van der Waals surface area (Å²) in [6.45, 7) is 5.67. The first-order chi connectivity index (χ1) is 9.77. The third kappa shape index (κ3) is 4.16. The van der Waals surface area contributed by atoms with E-state index in [1.54, 1.807) is 6.92 Å². The molecule has 0 aliphatic rings. The lowest BCUT2D eigenvalue weighted by atomic mass is 10.1. The van der Waals surface area contributed by atoms with Crippen LogP contribution in [0.5, 0.6) is 0 Å². The average molecular weight is 296 g/mol. The summed E-state index contributed by atoms with van der Waals surface area (Å²) in [5.41, 5.74) is -1.40. The van der Waals surface area contributed by atoms with Crippen LogP contribution in [0.4, 0.5) is 0 Å². The van der Waals surface area contributed by atoms with Crippen LogP contribution in [-0.4, -0.2) is 41.3 Å². The van der Waals surface area contributed by atoms with E-state index in [-0.39, 0.29) is 17.6 Å². The van der Waals surface area contributed by atoms with Gasteiger partial charge in [-0.1, -0.05) is 0 Å². The number of carboxylic acid groups (broad SMARTS) is 1. The van der Waals surface area contributed by atoms with Crippen LogP contribution in [0.15, 0.2) is 17.2 Å². The number of hydrogen-bond acceptors (Lipinski definition) is 4. The Balaban J connectivity index is 3.25. The molecule has 1 atom stereocenters. The molecule has 0 saturated carbocycles. The van der Waals surface area contributed by atoms with Crippen LogP contribution in [0.3, 0.4) is 0 Å². The summed E-state index contributed by atoms with van der Waals surface area (Å²) in [5, 5.41) is 11.7. The van der Waals surface area contributed by atoms with E-state index < -0.39 is 22.9 Å². The molecule has 1 aromatic rings. The predicted molar refractivity (Wildman–Crippen MR) is 76.9 cm³/mol. The zero-order valence-corrected chi connectivity index (χ0v) is 12.5. The molecule has 0 spiro atoms. The highest BCUT2D eigenvalue weighted by molar-refractivity contribution is 5.97. The van der Waals surface area contributed by atoms with Crippen molar-refractivity contribution in [3.8, 4) is 0 Å². The van der Waals surface area contributed by atoms with E-state index in [2.05, 4.69) is 5.32 Å². The van der Waals surface area contributed by atoms with Gasteiger partial charge in [0.05, 0.1) is 6.61 Å². The fourth-order valence-electron chi connectivity index (χ4n) is 1.80. The van der Waals surface area contributed by atoms with Gasteiger partial charge in [0.15, 0.2) is 0 Å². The Morgan fingerprint density at radius 3 is 2.33 bits per heavy atom. The van der Waals surface area contributed by atoms with E-state index >= 15 is 0 Å². The third-order valence-electron chi connectivity index (χ3n) is 2.91. The number of carbonyl (C=O) groups excluding carboxylic acids is 1. The Kier molecular flexibility index (Phi) is 5.66. The van der Waals surface area contributed by atoms with Crippen molar-refractivity contribution in [3.05, 3.63) is 33.7 Å². The van der Waals surface area contributed by atoms with Gasteiger partial charge in [-0.25, -0.2) is 4.79 Å².